The van der Waals surface area contributed by atoms with Crippen LogP contribution >= 0.6 is 0 Å². The van der Waals surface area contributed by atoms with E-state index < -0.39 is 0 Å². The molecule has 4 atom stereocenters. The first-order valence-electron chi connectivity index (χ1n) is 10.2. The Morgan fingerprint density at radius 2 is 1.12 bits per heavy atom. The van der Waals surface area contributed by atoms with Crippen LogP contribution in [-0.2, 0) is 18.9 Å². The molecule has 0 aromatic heterocycles. The van der Waals surface area contributed by atoms with Crippen molar-refractivity contribution < 1.29 is 18.9 Å². The molecule has 3 aliphatic rings. The zero-order chi connectivity index (χ0) is 18.4. The van der Waals surface area contributed by atoms with Crippen LogP contribution in [0.2, 0.25) is 0 Å². The molecule has 7 heteroatoms. The maximum absolute atomic E-state index is 6.14. The van der Waals surface area contributed by atoms with Crippen molar-refractivity contribution in [3.05, 3.63) is 0 Å². The van der Waals surface area contributed by atoms with Crippen molar-refractivity contribution in [1.29, 1.82) is 0 Å². The normalized spacial score (nSPS) is 34.7. The average Bonchev–Trinajstić information content (AvgIpc) is 3.25. The van der Waals surface area contributed by atoms with Gasteiger partial charge in [0.1, 0.15) is 0 Å². The van der Waals surface area contributed by atoms with Gasteiger partial charge in [0, 0.05) is 27.3 Å². The van der Waals surface area contributed by atoms with E-state index in [9.17, 15) is 0 Å². The van der Waals surface area contributed by atoms with E-state index >= 15 is 0 Å². The van der Waals surface area contributed by atoms with Crippen LogP contribution in [0.4, 0.5) is 0 Å². The fourth-order valence-electron chi connectivity index (χ4n) is 4.44. The zero-order valence-electron chi connectivity index (χ0n) is 16.8. The molecule has 0 aromatic rings. The first-order chi connectivity index (χ1) is 12.7. The second-order valence-corrected chi connectivity index (χ2v) is 7.94. The number of hydrogen-bond donors (Lipinski definition) is 0. The summed E-state index contributed by atoms with van der Waals surface area (Å²) in [5.41, 5.74) is 0. The Hall–Kier alpha value is -0.280. The van der Waals surface area contributed by atoms with Gasteiger partial charge in [0.25, 0.3) is 0 Å². The zero-order valence-corrected chi connectivity index (χ0v) is 16.8. The summed E-state index contributed by atoms with van der Waals surface area (Å²) in [7, 11) is 3.50. The van der Waals surface area contributed by atoms with Crippen molar-refractivity contribution in [3.63, 3.8) is 0 Å². The highest BCUT2D eigenvalue weighted by molar-refractivity contribution is 4.81. The van der Waals surface area contributed by atoms with Crippen molar-refractivity contribution in [2.45, 2.75) is 57.0 Å². The van der Waals surface area contributed by atoms with Crippen LogP contribution in [0.5, 0.6) is 0 Å². The van der Waals surface area contributed by atoms with Crippen molar-refractivity contribution in [3.8, 4) is 0 Å². The Labute approximate surface area is 158 Å². The molecule has 0 bridgehead atoms. The van der Waals surface area contributed by atoms with Crippen molar-refractivity contribution in [2.24, 2.45) is 0 Å². The Balaban J connectivity index is 1.46. The molecule has 0 spiro atoms. The summed E-state index contributed by atoms with van der Waals surface area (Å²) in [6.45, 7) is 9.80. The van der Waals surface area contributed by atoms with Crippen LogP contribution in [0.3, 0.4) is 0 Å². The Morgan fingerprint density at radius 3 is 1.54 bits per heavy atom. The molecule has 0 amide bonds. The highest BCUT2D eigenvalue weighted by Gasteiger charge is 2.32. The average molecular weight is 372 g/mol. The van der Waals surface area contributed by atoms with E-state index in [4.69, 9.17) is 18.9 Å². The first kappa shape index (κ1) is 20.5. The van der Waals surface area contributed by atoms with Gasteiger partial charge >= 0.3 is 0 Å². The Morgan fingerprint density at radius 1 is 0.692 bits per heavy atom. The summed E-state index contributed by atoms with van der Waals surface area (Å²) in [5, 5.41) is 0. The fraction of sp³-hybridized carbons (Fsp3) is 1.00. The van der Waals surface area contributed by atoms with E-state index in [1.165, 1.54) is 0 Å². The van der Waals surface area contributed by atoms with Gasteiger partial charge in [-0.3, -0.25) is 14.7 Å². The van der Waals surface area contributed by atoms with Crippen LogP contribution in [0, 0.1) is 0 Å². The van der Waals surface area contributed by atoms with Crippen LogP contribution in [0.15, 0.2) is 0 Å². The van der Waals surface area contributed by atoms with Crippen LogP contribution in [0.25, 0.3) is 0 Å². The molecule has 3 saturated heterocycles. The van der Waals surface area contributed by atoms with Gasteiger partial charge in [-0.1, -0.05) is 6.92 Å². The second kappa shape index (κ2) is 10.3. The van der Waals surface area contributed by atoms with Gasteiger partial charge in [-0.15, -0.1) is 0 Å². The van der Waals surface area contributed by atoms with Crippen LogP contribution in [-0.4, -0.2) is 106 Å². The quantitative estimate of drug-likeness (QED) is 0.603. The number of ether oxygens (including phenoxy) is 4. The molecule has 3 heterocycles. The lowest BCUT2D eigenvalue weighted by Crippen LogP contribution is -2.57. The number of methoxy groups -OCH3 is 2. The van der Waals surface area contributed by atoms with Gasteiger partial charge in [0.05, 0.1) is 57.6 Å². The van der Waals surface area contributed by atoms with E-state index in [-0.39, 0.29) is 12.2 Å². The maximum atomic E-state index is 6.14. The van der Waals surface area contributed by atoms with Gasteiger partial charge in [-0.05, 0) is 32.2 Å². The molecular weight excluding hydrogens is 334 g/mol. The van der Waals surface area contributed by atoms with Crippen LogP contribution < -0.4 is 0 Å². The first-order valence-corrected chi connectivity index (χ1v) is 10.2. The molecule has 3 aliphatic heterocycles. The third-order valence-electron chi connectivity index (χ3n) is 5.67. The topological polar surface area (TPSA) is 46.6 Å². The van der Waals surface area contributed by atoms with E-state index in [0.717, 1.165) is 65.3 Å². The van der Waals surface area contributed by atoms with E-state index in [2.05, 4.69) is 21.6 Å². The summed E-state index contributed by atoms with van der Waals surface area (Å²) in [5.74, 6) is 0. The third-order valence-corrected chi connectivity index (χ3v) is 5.67. The van der Waals surface area contributed by atoms with E-state index in [1.54, 1.807) is 14.2 Å². The van der Waals surface area contributed by atoms with Crippen molar-refractivity contribution in [1.82, 2.24) is 14.7 Å². The summed E-state index contributed by atoms with van der Waals surface area (Å²) >= 11 is 0. The molecule has 3 fully saturated rings. The van der Waals surface area contributed by atoms with Crippen molar-refractivity contribution >= 4 is 0 Å². The lowest BCUT2D eigenvalue weighted by molar-refractivity contribution is -0.0804. The molecule has 0 aliphatic carbocycles. The molecule has 0 saturated carbocycles. The lowest BCUT2D eigenvalue weighted by atomic mass is 10.2. The molecule has 3 rings (SSSR count). The number of hydrogen-bond acceptors (Lipinski definition) is 7. The van der Waals surface area contributed by atoms with Gasteiger partial charge in [-0.2, -0.15) is 0 Å². The summed E-state index contributed by atoms with van der Waals surface area (Å²) in [6, 6.07) is 0. The monoisotopic (exact) mass is 371 g/mol. The maximum Gasteiger partial charge on any atom is 0.0813 e. The largest absolute Gasteiger partial charge is 0.382 e. The molecule has 0 aromatic carbocycles. The Kier molecular flexibility index (Phi) is 8.11. The summed E-state index contributed by atoms with van der Waals surface area (Å²) < 4.78 is 22.8. The molecule has 0 N–H and O–H groups in total. The third kappa shape index (κ3) is 5.86. The van der Waals surface area contributed by atoms with Crippen molar-refractivity contribution in [2.75, 3.05) is 67.1 Å². The molecular formula is C19H37N3O4. The number of nitrogens with zero attached hydrogens (tertiary/aromatic N) is 3. The van der Waals surface area contributed by atoms with Gasteiger partial charge in [0.15, 0.2) is 0 Å². The van der Waals surface area contributed by atoms with Gasteiger partial charge < -0.3 is 18.9 Å². The standard InChI is InChI=1S/C19H37N3O4/c1-4-20-13-21(9-16-5-7-18(25-16)11-23-2)15-22(14-20)10-17-6-8-19(26-17)12-24-3/h16-19H,4-15H2,1-3H3. The minimum Gasteiger partial charge on any atom is -0.382 e. The number of rotatable bonds is 9. The SMILES string of the molecule is CCN1CN(CC2CCC(COC)O2)CN(CC2CCC(COC)O2)C1. The van der Waals surface area contributed by atoms with Crippen LogP contribution in [0.1, 0.15) is 32.6 Å². The fourth-order valence-corrected chi connectivity index (χ4v) is 4.44. The smallest absolute Gasteiger partial charge is 0.0813 e. The molecule has 152 valence electrons. The minimum atomic E-state index is 0.276. The Bertz CT molecular complexity index is 380. The van der Waals surface area contributed by atoms with E-state index in [0.29, 0.717) is 25.4 Å². The second-order valence-electron chi connectivity index (χ2n) is 7.94. The molecule has 0 radical (unpaired) electrons. The predicted molar refractivity (Wildman–Crippen MR) is 99.9 cm³/mol. The molecule has 7 nitrogen and oxygen atoms in total. The summed E-state index contributed by atoms with van der Waals surface area (Å²) in [4.78, 5) is 7.54. The highest BCUT2D eigenvalue weighted by Crippen LogP contribution is 2.24. The predicted octanol–water partition coefficient (Wildman–Crippen LogP) is 1.19. The lowest BCUT2D eigenvalue weighted by Gasteiger charge is -2.43. The highest BCUT2D eigenvalue weighted by atomic mass is 16.5. The van der Waals surface area contributed by atoms with E-state index in [1.807, 2.05) is 0 Å². The molecule has 26 heavy (non-hydrogen) atoms. The molecule has 4 unspecified atom stereocenters. The minimum absolute atomic E-state index is 0.276. The summed E-state index contributed by atoms with van der Waals surface area (Å²) in [6.07, 6.45) is 5.73. The van der Waals surface area contributed by atoms with Gasteiger partial charge in [-0.25, -0.2) is 0 Å². The van der Waals surface area contributed by atoms with Gasteiger partial charge in [0.2, 0.25) is 0 Å².